The zero-order valence-corrected chi connectivity index (χ0v) is 31.6. The molecule has 2 aromatic heterocycles. The highest BCUT2D eigenvalue weighted by atomic mass is 15.0. The Morgan fingerprint density at radius 1 is 0.351 bits per heavy atom. The molecule has 11 rings (SSSR count). The van der Waals surface area contributed by atoms with Gasteiger partial charge >= 0.3 is 0 Å². The Morgan fingerprint density at radius 2 is 0.842 bits per heavy atom. The van der Waals surface area contributed by atoms with Gasteiger partial charge in [-0.2, -0.15) is 0 Å². The minimum absolute atomic E-state index is 0.536. The van der Waals surface area contributed by atoms with E-state index in [2.05, 4.69) is 152 Å². The van der Waals surface area contributed by atoms with E-state index in [0.29, 0.717) is 17.5 Å². The molecule has 0 unspecified atom stereocenters. The summed E-state index contributed by atoms with van der Waals surface area (Å²) in [5.41, 5.74) is 19.3. The summed E-state index contributed by atoms with van der Waals surface area (Å²) in [6, 6.07) is 60.9. The maximum Gasteiger partial charge on any atom is 0.164 e. The van der Waals surface area contributed by atoms with E-state index in [1.54, 1.807) is 0 Å². The highest BCUT2D eigenvalue weighted by molar-refractivity contribution is 6.01. The van der Waals surface area contributed by atoms with Crippen LogP contribution in [0.1, 0.15) is 33.4 Å². The number of aromatic nitrogens is 4. The Kier molecular flexibility index (Phi) is 7.48. The maximum absolute atomic E-state index is 5.33. The number of nitrogens with zero attached hydrogens (tertiary/aromatic N) is 4. The predicted octanol–water partition coefficient (Wildman–Crippen LogP) is 12.6. The second-order valence-corrected chi connectivity index (χ2v) is 15.1. The number of hydrogen-bond donors (Lipinski definition) is 0. The van der Waals surface area contributed by atoms with Crippen molar-refractivity contribution < 1.29 is 0 Å². The third-order valence-electron chi connectivity index (χ3n) is 12.0. The van der Waals surface area contributed by atoms with E-state index in [1.807, 2.05) is 48.8 Å². The second kappa shape index (κ2) is 12.9. The molecule has 1 spiro atoms. The smallest absolute Gasteiger partial charge is 0.164 e. The highest BCUT2D eigenvalue weighted by Gasteiger charge is 2.52. The van der Waals surface area contributed by atoms with E-state index in [0.717, 1.165) is 44.5 Å². The third-order valence-corrected chi connectivity index (χ3v) is 12.0. The van der Waals surface area contributed by atoms with E-state index in [1.165, 1.54) is 50.1 Å². The number of fused-ring (bicyclic) bond motifs is 10. The molecule has 7 aromatic carbocycles. The number of hydrogen-bond acceptors (Lipinski definition) is 4. The molecule has 2 heterocycles. The van der Waals surface area contributed by atoms with Crippen LogP contribution in [0.15, 0.2) is 182 Å². The standard InChI is InChI=1S/C53H36N4/c1-33-31-54-32-44(34(33)2)36-27-25-35(26-28-36)39-29-43(52-56-50(37-15-5-3-6-16-37)55-51(57-52)38-17-7-4-8-18-38)49-42-21-11-14-24-47(42)53(48(49)30-39)45-22-12-9-19-40(45)41-20-10-13-23-46(41)53/h3-32H,1-2H3. The molecule has 0 fully saturated rings. The minimum Gasteiger partial charge on any atom is -0.264 e. The van der Waals surface area contributed by atoms with Crippen LogP contribution in [0.4, 0.5) is 0 Å². The van der Waals surface area contributed by atoms with Gasteiger partial charge in [-0.1, -0.05) is 158 Å². The topological polar surface area (TPSA) is 51.6 Å². The van der Waals surface area contributed by atoms with Gasteiger partial charge in [0.1, 0.15) is 0 Å². The van der Waals surface area contributed by atoms with Gasteiger partial charge in [0.05, 0.1) is 5.41 Å². The number of aryl methyl sites for hydroxylation is 1. The fraction of sp³-hybridized carbons (Fsp3) is 0.0566. The van der Waals surface area contributed by atoms with Crippen molar-refractivity contribution in [1.82, 2.24) is 19.9 Å². The van der Waals surface area contributed by atoms with Gasteiger partial charge in [-0.15, -0.1) is 0 Å². The fourth-order valence-electron chi connectivity index (χ4n) is 9.25. The second-order valence-electron chi connectivity index (χ2n) is 15.1. The molecule has 4 heteroatoms. The lowest BCUT2D eigenvalue weighted by Gasteiger charge is -2.31. The molecule has 0 radical (unpaired) electrons. The van der Waals surface area contributed by atoms with Crippen molar-refractivity contribution in [3.8, 4) is 78.7 Å². The van der Waals surface area contributed by atoms with Crippen molar-refractivity contribution in [2.45, 2.75) is 19.3 Å². The molecule has 2 aliphatic rings. The molecule has 0 saturated heterocycles. The fourth-order valence-corrected chi connectivity index (χ4v) is 9.25. The highest BCUT2D eigenvalue weighted by Crippen LogP contribution is 2.64. The quantitative estimate of drug-likeness (QED) is 0.177. The first kappa shape index (κ1) is 33.1. The molecule has 9 aromatic rings. The summed E-state index contributed by atoms with van der Waals surface area (Å²) in [6.45, 7) is 4.29. The van der Waals surface area contributed by atoms with Crippen molar-refractivity contribution in [1.29, 1.82) is 0 Å². The van der Waals surface area contributed by atoms with Crippen molar-refractivity contribution in [2.24, 2.45) is 0 Å². The Morgan fingerprint density at radius 3 is 1.44 bits per heavy atom. The first-order valence-corrected chi connectivity index (χ1v) is 19.5. The van der Waals surface area contributed by atoms with Crippen LogP contribution in [0, 0.1) is 13.8 Å². The molecular weight excluding hydrogens is 693 g/mol. The van der Waals surface area contributed by atoms with E-state index in [-0.39, 0.29) is 0 Å². The lowest BCUT2D eigenvalue weighted by atomic mass is 9.70. The van der Waals surface area contributed by atoms with Crippen molar-refractivity contribution >= 4 is 0 Å². The van der Waals surface area contributed by atoms with Crippen LogP contribution in [0.2, 0.25) is 0 Å². The predicted molar refractivity (Wildman–Crippen MR) is 231 cm³/mol. The van der Waals surface area contributed by atoms with Gasteiger partial charge in [0, 0.05) is 34.6 Å². The Labute approximate surface area is 332 Å². The van der Waals surface area contributed by atoms with Crippen molar-refractivity contribution in [3.05, 3.63) is 216 Å². The van der Waals surface area contributed by atoms with Gasteiger partial charge in [0.25, 0.3) is 0 Å². The van der Waals surface area contributed by atoms with Crippen LogP contribution >= 0.6 is 0 Å². The normalized spacial score (nSPS) is 12.9. The molecule has 0 amide bonds. The average Bonchev–Trinajstić information content (AvgIpc) is 3.75. The molecule has 2 aliphatic carbocycles. The zero-order chi connectivity index (χ0) is 38.1. The van der Waals surface area contributed by atoms with E-state index in [9.17, 15) is 0 Å². The Hall–Kier alpha value is -7.30. The van der Waals surface area contributed by atoms with Crippen LogP contribution in [-0.2, 0) is 5.41 Å². The first-order valence-electron chi connectivity index (χ1n) is 19.5. The molecule has 0 N–H and O–H groups in total. The molecule has 0 atom stereocenters. The van der Waals surface area contributed by atoms with Gasteiger partial charge in [0.2, 0.25) is 0 Å². The Bertz CT molecular complexity index is 2920. The molecule has 268 valence electrons. The van der Waals surface area contributed by atoms with Crippen LogP contribution < -0.4 is 0 Å². The molecule has 4 nitrogen and oxygen atoms in total. The molecule has 0 bridgehead atoms. The first-order chi connectivity index (χ1) is 28.1. The SMILES string of the molecule is Cc1cncc(-c2ccc(-c3cc(-c4nc(-c5ccccc5)nc(-c5ccccc5)n4)c4c(c3)C3(c5ccccc5-c5ccccc53)c3ccccc3-4)cc2)c1C. The van der Waals surface area contributed by atoms with Crippen LogP contribution in [0.3, 0.4) is 0 Å². The average molecular weight is 729 g/mol. The van der Waals surface area contributed by atoms with Gasteiger partial charge in [0.15, 0.2) is 17.5 Å². The van der Waals surface area contributed by atoms with E-state index < -0.39 is 5.41 Å². The van der Waals surface area contributed by atoms with Crippen LogP contribution in [0.25, 0.3) is 78.7 Å². The van der Waals surface area contributed by atoms with E-state index in [4.69, 9.17) is 15.0 Å². The van der Waals surface area contributed by atoms with Gasteiger partial charge in [-0.25, -0.2) is 15.0 Å². The van der Waals surface area contributed by atoms with E-state index >= 15 is 0 Å². The largest absolute Gasteiger partial charge is 0.264 e. The summed E-state index contributed by atoms with van der Waals surface area (Å²) in [6.07, 6.45) is 3.90. The Balaban J connectivity index is 1.23. The molecule has 0 saturated carbocycles. The molecular formula is C53H36N4. The minimum atomic E-state index is -0.536. The lowest BCUT2D eigenvalue weighted by molar-refractivity contribution is 0.794. The van der Waals surface area contributed by atoms with Crippen molar-refractivity contribution in [3.63, 3.8) is 0 Å². The molecule has 57 heavy (non-hydrogen) atoms. The maximum atomic E-state index is 5.33. The summed E-state index contributed by atoms with van der Waals surface area (Å²) >= 11 is 0. The zero-order valence-electron chi connectivity index (χ0n) is 31.6. The number of pyridine rings is 1. The lowest BCUT2D eigenvalue weighted by Crippen LogP contribution is -2.26. The van der Waals surface area contributed by atoms with Crippen LogP contribution in [-0.4, -0.2) is 19.9 Å². The van der Waals surface area contributed by atoms with Gasteiger partial charge < -0.3 is 0 Å². The van der Waals surface area contributed by atoms with Gasteiger partial charge in [-0.05, 0) is 98.3 Å². The van der Waals surface area contributed by atoms with Crippen molar-refractivity contribution in [2.75, 3.05) is 0 Å². The monoisotopic (exact) mass is 728 g/mol. The summed E-state index contributed by atoms with van der Waals surface area (Å²) in [5.74, 6) is 1.93. The summed E-state index contributed by atoms with van der Waals surface area (Å²) in [4.78, 5) is 20.3. The molecule has 0 aliphatic heterocycles. The number of rotatable bonds is 5. The summed E-state index contributed by atoms with van der Waals surface area (Å²) in [7, 11) is 0. The third kappa shape index (κ3) is 5.00. The summed E-state index contributed by atoms with van der Waals surface area (Å²) in [5, 5.41) is 0. The van der Waals surface area contributed by atoms with Gasteiger partial charge in [-0.3, -0.25) is 4.98 Å². The van der Waals surface area contributed by atoms with Crippen LogP contribution in [0.5, 0.6) is 0 Å². The summed E-state index contributed by atoms with van der Waals surface area (Å²) < 4.78 is 0. The number of benzene rings is 7.